The van der Waals surface area contributed by atoms with Gasteiger partial charge >= 0.3 is 11.9 Å². The van der Waals surface area contributed by atoms with Crippen molar-refractivity contribution in [2.75, 3.05) is 0 Å². The fraction of sp³-hybridized carbons (Fsp3) is 0.278. The van der Waals surface area contributed by atoms with E-state index in [9.17, 15) is 19.8 Å². The molecule has 0 heterocycles. The molecule has 2 N–H and O–H groups in total. The van der Waals surface area contributed by atoms with Crippen molar-refractivity contribution in [1.29, 1.82) is 0 Å². The third-order valence-corrected chi connectivity index (χ3v) is 7.40. The predicted octanol–water partition coefficient (Wildman–Crippen LogP) is 8.80. The van der Waals surface area contributed by atoms with Crippen LogP contribution < -0.4 is 9.47 Å². The summed E-state index contributed by atoms with van der Waals surface area (Å²) in [6.07, 6.45) is 1.40. The summed E-state index contributed by atoms with van der Waals surface area (Å²) in [5.74, 6) is 0.500. The van der Waals surface area contributed by atoms with Crippen LogP contribution in [0.3, 0.4) is 0 Å². The number of rotatable bonds is 8. The van der Waals surface area contributed by atoms with Gasteiger partial charge in [0.25, 0.3) is 0 Å². The first-order chi connectivity index (χ1) is 19.9. The van der Waals surface area contributed by atoms with Crippen LogP contribution in [0, 0.1) is 10.8 Å². The highest BCUT2D eigenvalue weighted by Crippen LogP contribution is 2.35. The summed E-state index contributed by atoms with van der Waals surface area (Å²) in [6.45, 7) is 11.3. The molecule has 220 valence electrons. The summed E-state index contributed by atoms with van der Waals surface area (Å²) in [6, 6.07) is 28.8. The number of carbonyl (C=O) groups is 2. The van der Waals surface area contributed by atoms with E-state index in [1.807, 2.05) is 102 Å². The summed E-state index contributed by atoms with van der Waals surface area (Å²) in [4.78, 5) is 24.1. The summed E-state index contributed by atoms with van der Waals surface area (Å²) in [5, 5.41) is 20.1. The Bertz CT molecular complexity index is 1490. The molecule has 0 radical (unpaired) electrons. The molecule has 0 bridgehead atoms. The van der Waals surface area contributed by atoms with Crippen LogP contribution in [-0.4, -0.2) is 22.2 Å². The van der Waals surface area contributed by atoms with Crippen LogP contribution in [-0.2, 0) is 9.59 Å². The first kappa shape index (κ1) is 31.9. The summed E-state index contributed by atoms with van der Waals surface area (Å²) in [5.41, 5.74) is 2.10. The lowest BCUT2D eigenvalue weighted by atomic mass is 9.91. The SMILES string of the molecule is CCC(C)(C)C(=O)Oc1ccc(-c2ccccc2)c(O)c1.CCC(C)(C)C(=O)Oc1ccc(O)c(-c2ccccc2)c1. The van der Waals surface area contributed by atoms with Gasteiger partial charge in [0.2, 0.25) is 0 Å². The number of carbonyl (C=O) groups excluding carboxylic acids is 2. The Morgan fingerprint density at radius 3 is 1.45 bits per heavy atom. The molecule has 0 fully saturated rings. The van der Waals surface area contributed by atoms with Crippen LogP contribution in [0.15, 0.2) is 97.1 Å². The molecule has 0 atom stereocenters. The van der Waals surface area contributed by atoms with E-state index in [4.69, 9.17) is 9.47 Å². The zero-order valence-electron chi connectivity index (χ0n) is 25.2. The molecule has 4 rings (SSSR count). The van der Waals surface area contributed by atoms with Gasteiger partial charge in [-0.05, 0) is 82.0 Å². The molecule has 42 heavy (non-hydrogen) atoms. The van der Waals surface area contributed by atoms with Gasteiger partial charge < -0.3 is 19.7 Å². The highest BCUT2D eigenvalue weighted by molar-refractivity contribution is 5.80. The maximum absolute atomic E-state index is 12.1. The minimum atomic E-state index is -0.534. The molecule has 0 saturated carbocycles. The summed E-state index contributed by atoms with van der Waals surface area (Å²) >= 11 is 0. The summed E-state index contributed by atoms with van der Waals surface area (Å²) in [7, 11) is 0. The van der Waals surface area contributed by atoms with Crippen LogP contribution >= 0.6 is 0 Å². The molecule has 0 spiro atoms. The molecular formula is C36H40O6. The fourth-order valence-corrected chi connectivity index (χ4v) is 3.64. The van der Waals surface area contributed by atoms with E-state index < -0.39 is 10.8 Å². The molecule has 0 aliphatic carbocycles. The molecule has 0 unspecified atom stereocenters. The molecule has 6 nitrogen and oxygen atoms in total. The van der Waals surface area contributed by atoms with Crippen molar-refractivity contribution in [3.05, 3.63) is 97.1 Å². The Morgan fingerprint density at radius 2 is 1.00 bits per heavy atom. The van der Waals surface area contributed by atoms with Crippen molar-refractivity contribution in [2.45, 2.75) is 54.4 Å². The zero-order chi connectivity index (χ0) is 30.9. The van der Waals surface area contributed by atoms with Crippen molar-refractivity contribution >= 4 is 11.9 Å². The molecular weight excluding hydrogens is 528 g/mol. The predicted molar refractivity (Wildman–Crippen MR) is 166 cm³/mol. The van der Waals surface area contributed by atoms with Crippen molar-refractivity contribution in [3.63, 3.8) is 0 Å². The van der Waals surface area contributed by atoms with Gasteiger partial charge in [-0.25, -0.2) is 0 Å². The second-order valence-corrected chi connectivity index (χ2v) is 11.3. The highest BCUT2D eigenvalue weighted by Gasteiger charge is 2.28. The van der Waals surface area contributed by atoms with Gasteiger partial charge in [0.15, 0.2) is 0 Å². The van der Waals surface area contributed by atoms with E-state index in [0.717, 1.165) is 11.1 Å². The van der Waals surface area contributed by atoms with Gasteiger partial charge in [0.05, 0.1) is 10.8 Å². The van der Waals surface area contributed by atoms with Crippen molar-refractivity contribution in [2.24, 2.45) is 10.8 Å². The van der Waals surface area contributed by atoms with Crippen LogP contribution in [0.2, 0.25) is 0 Å². The number of ether oxygens (including phenoxy) is 2. The Balaban J connectivity index is 0.000000230. The lowest BCUT2D eigenvalue weighted by Crippen LogP contribution is -2.28. The zero-order valence-corrected chi connectivity index (χ0v) is 25.2. The van der Waals surface area contributed by atoms with Gasteiger partial charge in [-0.2, -0.15) is 0 Å². The van der Waals surface area contributed by atoms with Gasteiger partial charge in [-0.3, -0.25) is 9.59 Å². The quantitative estimate of drug-likeness (QED) is 0.163. The van der Waals surface area contributed by atoms with E-state index in [2.05, 4.69) is 0 Å². The maximum atomic E-state index is 12.1. The monoisotopic (exact) mass is 568 g/mol. The molecule has 0 aliphatic heterocycles. The van der Waals surface area contributed by atoms with Crippen LogP contribution in [0.25, 0.3) is 22.3 Å². The van der Waals surface area contributed by atoms with E-state index in [-0.39, 0.29) is 23.4 Å². The number of benzene rings is 4. The van der Waals surface area contributed by atoms with E-state index in [1.54, 1.807) is 30.3 Å². The van der Waals surface area contributed by atoms with E-state index in [0.29, 0.717) is 35.5 Å². The van der Waals surface area contributed by atoms with Crippen LogP contribution in [0.4, 0.5) is 0 Å². The second kappa shape index (κ2) is 13.9. The first-order valence-corrected chi connectivity index (χ1v) is 14.1. The van der Waals surface area contributed by atoms with Crippen LogP contribution in [0.1, 0.15) is 54.4 Å². The van der Waals surface area contributed by atoms with Crippen molar-refractivity contribution < 1.29 is 29.3 Å². The van der Waals surface area contributed by atoms with E-state index in [1.165, 1.54) is 6.07 Å². The molecule has 0 aliphatic rings. The Hall–Kier alpha value is -4.58. The van der Waals surface area contributed by atoms with Crippen molar-refractivity contribution in [3.8, 4) is 45.3 Å². The van der Waals surface area contributed by atoms with Crippen LogP contribution in [0.5, 0.6) is 23.0 Å². The highest BCUT2D eigenvalue weighted by atomic mass is 16.5. The van der Waals surface area contributed by atoms with Gasteiger partial charge in [0, 0.05) is 17.2 Å². The normalized spacial score (nSPS) is 11.2. The minimum absolute atomic E-state index is 0.0980. The van der Waals surface area contributed by atoms with Gasteiger partial charge in [-0.1, -0.05) is 74.5 Å². The molecule has 0 amide bonds. The minimum Gasteiger partial charge on any atom is -0.507 e. The molecule has 4 aromatic carbocycles. The van der Waals surface area contributed by atoms with Gasteiger partial charge in [-0.15, -0.1) is 0 Å². The number of hydrogen-bond acceptors (Lipinski definition) is 6. The third-order valence-electron chi connectivity index (χ3n) is 7.40. The molecule has 0 saturated heterocycles. The average Bonchev–Trinajstić information content (AvgIpc) is 2.99. The Kier molecular flexibility index (Phi) is 10.5. The maximum Gasteiger partial charge on any atom is 0.316 e. The second-order valence-electron chi connectivity index (χ2n) is 11.3. The molecule has 0 aromatic heterocycles. The third kappa shape index (κ3) is 8.23. The topological polar surface area (TPSA) is 93.1 Å². The molecule has 4 aromatic rings. The lowest BCUT2D eigenvalue weighted by Gasteiger charge is -2.20. The number of aromatic hydroxyl groups is 2. The lowest BCUT2D eigenvalue weighted by molar-refractivity contribution is -0.144. The first-order valence-electron chi connectivity index (χ1n) is 14.1. The summed E-state index contributed by atoms with van der Waals surface area (Å²) < 4.78 is 10.8. The van der Waals surface area contributed by atoms with E-state index >= 15 is 0 Å². The standard InChI is InChI=1S/2C18H20O3/c1-4-18(2,3)17(20)21-14-10-11-16(19)15(12-14)13-8-6-5-7-9-13;1-4-18(2,3)17(20)21-14-10-11-15(16(19)12-14)13-8-6-5-7-9-13/h2*5-12,19H,4H2,1-3H3. The van der Waals surface area contributed by atoms with Gasteiger partial charge in [0.1, 0.15) is 23.0 Å². The number of hydrogen-bond donors (Lipinski definition) is 2. The number of phenolic OH excluding ortho intramolecular Hbond substituents is 2. The Labute approximate surface area is 248 Å². The fourth-order valence-electron chi connectivity index (χ4n) is 3.64. The van der Waals surface area contributed by atoms with Crippen molar-refractivity contribution in [1.82, 2.24) is 0 Å². The number of esters is 2. The molecule has 6 heteroatoms. The smallest absolute Gasteiger partial charge is 0.316 e. The Morgan fingerprint density at radius 1 is 0.571 bits per heavy atom. The average molecular weight is 569 g/mol. The largest absolute Gasteiger partial charge is 0.507 e. The number of phenols is 2.